The minimum Gasteiger partial charge on any atom is -0.508 e. The maximum atomic E-state index is 10.9. The average Bonchev–Trinajstić information content (AvgIpc) is 2.46. The molecule has 0 unspecified atom stereocenters. The van der Waals surface area contributed by atoms with Crippen LogP contribution in [0.15, 0.2) is 54.8 Å². The van der Waals surface area contributed by atoms with Gasteiger partial charge in [0, 0.05) is 6.07 Å². The molecule has 2 rings (SSSR count). The zero-order valence-electron chi connectivity index (χ0n) is 10.5. The summed E-state index contributed by atoms with van der Waals surface area (Å²) < 4.78 is 5.47. The molecule has 96 valence electrons. The summed E-state index contributed by atoms with van der Waals surface area (Å²) in [6.45, 7) is 1.92. The molecule has 0 aliphatic rings. The lowest BCUT2D eigenvalue weighted by Gasteiger charge is -2.06. The molecule has 1 N–H and O–H groups in total. The van der Waals surface area contributed by atoms with Crippen molar-refractivity contribution in [3.8, 4) is 11.5 Å². The summed E-state index contributed by atoms with van der Waals surface area (Å²) in [6.07, 6.45) is 2.26. The molecule has 19 heavy (non-hydrogen) atoms. The van der Waals surface area contributed by atoms with E-state index < -0.39 is 0 Å². The number of ether oxygens (including phenoxy) is 1. The van der Waals surface area contributed by atoms with Crippen LogP contribution in [-0.2, 0) is 0 Å². The Balaban J connectivity index is 2.22. The van der Waals surface area contributed by atoms with Crippen molar-refractivity contribution >= 4 is 11.9 Å². The molecule has 0 saturated carbocycles. The normalized spacial score (nSPS) is 11.1. The Hall–Kier alpha value is -2.55. The Morgan fingerprint density at radius 2 is 1.89 bits per heavy atom. The van der Waals surface area contributed by atoms with E-state index in [1.807, 2.05) is 37.3 Å². The molecule has 0 heterocycles. The lowest BCUT2D eigenvalue weighted by molar-refractivity contribution is 0.112. The van der Waals surface area contributed by atoms with E-state index in [2.05, 4.69) is 0 Å². The lowest BCUT2D eigenvalue weighted by Crippen LogP contribution is -1.91. The Bertz CT molecular complexity index is 601. The summed E-state index contributed by atoms with van der Waals surface area (Å²) >= 11 is 0. The van der Waals surface area contributed by atoms with Crippen LogP contribution in [0, 0.1) is 0 Å². The summed E-state index contributed by atoms with van der Waals surface area (Å²) in [7, 11) is 0. The molecule has 0 fully saturated rings. The number of hydrogen-bond acceptors (Lipinski definition) is 3. The Morgan fingerprint density at radius 1 is 1.16 bits per heavy atom. The van der Waals surface area contributed by atoms with Gasteiger partial charge in [0.15, 0.2) is 6.29 Å². The van der Waals surface area contributed by atoms with Gasteiger partial charge in [0.2, 0.25) is 0 Å². The fourth-order valence-electron chi connectivity index (χ4n) is 1.64. The number of aldehydes is 1. The highest BCUT2D eigenvalue weighted by molar-refractivity contribution is 5.80. The third-order valence-corrected chi connectivity index (χ3v) is 2.72. The van der Waals surface area contributed by atoms with Crippen LogP contribution in [0.5, 0.6) is 11.5 Å². The number of carbonyl (C=O) groups is 1. The van der Waals surface area contributed by atoms with E-state index in [0.717, 1.165) is 11.1 Å². The maximum absolute atomic E-state index is 10.9. The zero-order chi connectivity index (χ0) is 13.7. The van der Waals surface area contributed by atoms with Crippen LogP contribution < -0.4 is 4.74 Å². The molecule has 0 aliphatic heterocycles. The molecule has 3 heteroatoms. The summed E-state index contributed by atoms with van der Waals surface area (Å²) in [5, 5.41) is 9.40. The quantitative estimate of drug-likeness (QED) is 0.669. The van der Waals surface area contributed by atoms with Gasteiger partial charge in [-0.3, -0.25) is 4.79 Å². The molecular formula is C16H14O3. The Morgan fingerprint density at radius 3 is 2.58 bits per heavy atom. The molecule has 3 nitrogen and oxygen atoms in total. The standard InChI is InChI=1S/C16H14O3/c1-12(13-5-3-2-4-6-13)11-19-16-9-15(18)8-7-14(16)10-17/h2-11,18H,1H3/b12-11+. The van der Waals surface area contributed by atoms with Crippen LogP contribution in [0.4, 0.5) is 0 Å². The molecule has 0 aliphatic carbocycles. The summed E-state index contributed by atoms with van der Waals surface area (Å²) in [6, 6.07) is 14.1. The number of carbonyl (C=O) groups excluding carboxylic acids is 1. The number of hydrogen-bond donors (Lipinski definition) is 1. The molecule has 2 aromatic rings. The maximum Gasteiger partial charge on any atom is 0.153 e. The molecule has 0 spiro atoms. The lowest BCUT2D eigenvalue weighted by atomic mass is 10.1. The van der Waals surface area contributed by atoms with Crippen molar-refractivity contribution in [2.75, 3.05) is 0 Å². The van der Waals surface area contributed by atoms with Crippen molar-refractivity contribution in [1.29, 1.82) is 0 Å². The molecule has 0 radical (unpaired) electrons. The Labute approximate surface area is 111 Å². The summed E-state index contributed by atoms with van der Waals surface area (Å²) in [5.41, 5.74) is 2.37. The van der Waals surface area contributed by atoms with Crippen molar-refractivity contribution < 1.29 is 14.6 Å². The molecule has 0 saturated heterocycles. The summed E-state index contributed by atoms with van der Waals surface area (Å²) in [4.78, 5) is 10.9. The highest BCUT2D eigenvalue weighted by Gasteiger charge is 2.03. The second kappa shape index (κ2) is 5.87. The first-order valence-corrected chi connectivity index (χ1v) is 5.88. The van der Waals surface area contributed by atoms with E-state index in [4.69, 9.17) is 4.74 Å². The number of phenolic OH excluding ortho intramolecular Hbond substituents is 1. The second-order valence-electron chi connectivity index (χ2n) is 4.12. The van der Waals surface area contributed by atoms with Gasteiger partial charge in [-0.05, 0) is 30.2 Å². The van der Waals surface area contributed by atoms with Gasteiger partial charge in [-0.25, -0.2) is 0 Å². The fraction of sp³-hybridized carbons (Fsp3) is 0.0625. The number of benzene rings is 2. The van der Waals surface area contributed by atoms with E-state index >= 15 is 0 Å². The topological polar surface area (TPSA) is 46.5 Å². The van der Waals surface area contributed by atoms with Crippen molar-refractivity contribution in [2.45, 2.75) is 6.92 Å². The molecule has 2 aromatic carbocycles. The molecule has 0 amide bonds. The first-order valence-electron chi connectivity index (χ1n) is 5.88. The molecular weight excluding hydrogens is 240 g/mol. The predicted molar refractivity (Wildman–Crippen MR) is 74.2 cm³/mol. The number of aromatic hydroxyl groups is 1. The SMILES string of the molecule is C/C(=C\Oc1cc(O)ccc1C=O)c1ccccc1. The van der Waals surface area contributed by atoms with Crippen LogP contribution in [0.25, 0.3) is 5.57 Å². The fourth-order valence-corrected chi connectivity index (χ4v) is 1.64. The average molecular weight is 254 g/mol. The van der Waals surface area contributed by atoms with E-state index in [9.17, 15) is 9.90 Å². The highest BCUT2D eigenvalue weighted by Crippen LogP contribution is 2.24. The van der Waals surface area contributed by atoms with E-state index in [1.165, 1.54) is 18.2 Å². The number of phenols is 1. The van der Waals surface area contributed by atoms with Crippen LogP contribution in [0.2, 0.25) is 0 Å². The van der Waals surface area contributed by atoms with E-state index in [1.54, 1.807) is 6.26 Å². The first kappa shape index (κ1) is 12.9. The van der Waals surface area contributed by atoms with Gasteiger partial charge >= 0.3 is 0 Å². The first-order chi connectivity index (χ1) is 9.20. The van der Waals surface area contributed by atoms with E-state index in [0.29, 0.717) is 17.6 Å². The van der Waals surface area contributed by atoms with Crippen molar-refractivity contribution in [1.82, 2.24) is 0 Å². The van der Waals surface area contributed by atoms with Gasteiger partial charge in [0.05, 0.1) is 11.8 Å². The predicted octanol–water partition coefficient (Wildman–Crippen LogP) is 3.64. The minimum absolute atomic E-state index is 0.0614. The largest absolute Gasteiger partial charge is 0.508 e. The van der Waals surface area contributed by atoms with Crippen LogP contribution in [-0.4, -0.2) is 11.4 Å². The van der Waals surface area contributed by atoms with E-state index in [-0.39, 0.29) is 5.75 Å². The van der Waals surface area contributed by atoms with Gasteiger partial charge < -0.3 is 9.84 Å². The van der Waals surface area contributed by atoms with Crippen LogP contribution >= 0.6 is 0 Å². The third-order valence-electron chi connectivity index (χ3n) is 2.72. The van der Waals surface area contributed by atoms with Gasteiger partial charge in [-0.2, -0.15) is 0 Å². The van der Waals surface area contributed by atoms with Crippen LogP contribution in [0.1, 0.15) is 22.8 Å². The van der Waals surface area contributed by atoms with Gasteiger partial charge in [-0.15, -0.1) is 0 Å². The minimum atomic E-state index is 0.0614. The highest BCUT2D eigenvalue weighted by atomic mass is 16.5. The summed E-state index contributed by atoms with van der Waals surface area (Å²) in [5.74, 6) is 0.400. The molecule has 0 aromatic heterocycles. The third kappa shape index (κ3) is 3.22. The number of rotatable bonds is 4. The second-order valence-corrected chi connectivity index (χ2v) is 4.12. The monoisotopic (exact) mass is 254 g/mol. The smallest absolute Gasteiger partial charge is 0.153 e. The molecule has 0 bridgehead atoms. The van der Waals surface area contributed by atoms with Gasteiger partial charge in [0.1, 0.15) is 11.5 Å². The van der Waals surface area contributed by atoms with Crippen LogP contribution in [0.3, 0.4) is 0 Å². The number of allylic oxidation sites excluding steroid dienone is 1. The Kier molecular flexibility index (Phi) is 3.98. The molecule has 0 atom stereocenters. The van der Waals surface area contributed by atoms with Gasteiger partial charge in [0.25, 0.3) is 0 Å². The van der Waals surface area contributed by atoms with Crippen molar-refractivity contribution in [2.24, 2.45) is 0 Å². The van der Waals surface area contributed by atoms with Gasteiger partial charge in [-0.1, -0.05) is 30.3 Å². The zero-order valence-corrected chi connectivity index (χ0v) is 10.5. The van der Waals surface area contributed by atoms with Crippen molar-refractivity contribution in [3.05, 3.63) is 65.9 Å². The van der Waals surface area contributed by atoms with Crippen molar-refractivity contribution in [3.63, 3.8) is 0 Å².